The molecule has 0 saturated carbocycles. The number of thioether (sulfide) groups is 1. The molecule has 6 N–H and O–H groups in total. The van der Waals surface area contributed by atoms with E-state index in [1.54, 1.807) is 25.2 Å². The second kappa shape index (κ2) is 20.6. The first-order valence-corrected chi connectivity index (χ1v) is 19.5. The Balaban J connectivity index is 0.938. The molecule has 0 spiro atoms. The number of unbranched alkanes of at least 4 members (excludes halogenated alkanes) is 1. The number of rotatable bonds is 17. The van der Waals surface area contributed by atoms with Crippen LogP contribution in [0, 0.1) is 0 Å². The lowest BCUT2D eigenvalue weighted by molar-refractivity contribution is -0.126. The predicted octanol–water partition coefficient (Wildman–Crippen LogP) is 2.49. The van der Waals surface area contributed by atoms with Crippen LogP contribution in [0.5, 0.6) is 11.5 Å². The van der Waals surface area contributed by atoms with Crippen LogP contribution in [0.15, 0.2) is 35.5 Å². The number of cyclic esters (lactones) is 1. The van der Waals surface area contributed by atoms with Gasteiger partial charge in [0, 0.05) is 49.4 Å². The number of benzene rings is 1. The number of hydrogen-bond donors (Lipinski definition) is 6. The van der Waals surface area contributed by atoms with E-state index < -0.39 is 36.1 Å². The zero-order valence-electron chi connectivity index (χ0n) is 30.1. The van der Waals surface area contributed by atoms with E-state index in [-0.39, 0.29) is 77.7 Å². The molecular formula is C36H48ClN5O11S. The summed E-state index contributed by atoms with van der Waals surface area (Å²) in [5.74, 6) is -1.29. The molecule has 4 heterocycles. The Bertz CT molecular complexity index is 1590. The molecule has 3 saturated heterocycles. The van der Waals surface area contributed by atoms with Crippen molar-refractivity contribution in [2.75, 3.05) is 51.9 Å². The quantitative estimate of drug-likeness (QED) is 0.0441. The molecule has 16 nitrogen and oxygen atoms in total. The van der Waals surface area contributed by atoms with Crippen LogP contribution < -0.4 is 21.3 Å². The van der Waals surface area contributed by atoms with E-state index >= 15 is 0 Å². The summed E-state index contributed by atoms with van der Waals surface area (Å²) in [7, 11) is 0. The Morgan fingerprint density at radius 2 is 1.80 bits per heavy atom. The Kier molecular flexibility index (Phi) is 15.7. The number of urea groups is 1. The van der Waals surface area contributed by atoms with E-state index in [0.717, 1.165) is 31.1 Å². The molecule has 1 aromatic carbocycles. The van der Waals surface area contributed by atoms with Crippen molar-refractivity contribution in [3.05, 3.63) is 46.5 Å². The van der Waals surface area contributed by atoms with Gasteiger partial charge in [0.05, 0.1) is 55.3 Å². The smallest absolute Gasteiger partial charge is 0.342 e. The maximum Gasteiger partial charge on any atom is 0.342 e. The van der Waals surface area contributed by atoms with Gasteiger partial charge >= 0.3 is 12.0 Å². The summed E-state index contributed by atoms with van der Waals surface area (Å²) in [5.41, 5.74) is 0.105. The lowest BCUT2D eigenvalue weighted by Gasteiger charge is -2.17. The number of halogens is 1. The average molecular weight is 794 g/mol. The number of hydrogen-bond acceptors (Lipinski definition) is 13. The van der Waals surface area contributed by atoms with Crippen LogP contribution in [0.4, 0.5) is 4.79 Å². The molecule has 4 amide bonds. The van der Waals surface area contributed by atoms with E-state index in [1.165, 1.54) is 0 Å². The van der Waals surface area contributed by atoms with E-state index in [2.05, 4.69) is 26.4 Å². The number of nitrogens with zero attached hydrogens (tertiary/aromatic N) is 1. The number of esters is 1. The number of fused-ring (bicyclic) bond motifs is 3. The maximum atomic E-state index is 13.1. The summed E-state index contributed by atoms with van der Waals surface area (Å²) in [6.07, 6.45) is 9.61. The molecule has 18 heteroatoms. The molecule has 0 unspecified atom stereocenters. The van der Waals surface area contributed by atoms with Crippen LogP contribution >= 0.6 is 23.4 Å². The van der Waals surface area contributed by atoms with E-state index in [9.17, 15) is 29.4 Å². The molecule has 1 aromatic rings. The van der Waals surface area contributed by atoms with Gasteiger partial charge in [0.1, 0.15) is 29.3 Å². The molecule has 4 aliphatic rings. The molecule has 0 radical (unpaired) electrons. The lowest BCUT2D eigenvalue weighted by Crippen LogP contribution is -2.36. The van der Waals surface area contributed by atoms with Gasteiger partial charge < -0.3 is 55.3 Å². The number of nitrogens with one attached hydrogen (secondary N) is 4. The second-order valence-electron chi connectivity index (χ2n) is 13.2. The Morgan fingerprint density at radius 1 is 1.04 bits per heavy atom. The number of carbonyl (C=O) groups is 4. The fourth-order valence-electron chi connectivity index (χ4n) is 6.29. The first-order chi connectivity index (χ1) is 26.1. The number of oxime groups is 1. The van der Waals surface area contributed by atoms with Crippen molar-refractivity contribution in [2.45, 2.75) is 81.1 Å². The molecule has 0 aliphatic carbocycles. The van der Waals surface area contributed by atoms with Crippen LogP contribution in [0.2, 0.25) is 5.02 Å². The Labute approximate surface area is 322 Å². The highest BCUT2D eigenvalue weighted by atomic mass is 35.5. The van der Waals surface area contributed by atoms with Crippen molar-refractivity contribution in [1.82, 2.24) is 21.3 Å². The number of amides is 4. The summed E-state index contributed by atoms with van der Waals surface area (Å²) >= 11 is 8.24. The number of ether oxygens (including phenoxy) is 4. The minimum Gasteiger partial charge on any atom is -0.507 e. The third-order valence-electron chi connectivity index (χ3n) is 9.05. The Morgan fingerprint density at radius 3 is 2.57 bits per heavy atom. The van der Waals surface area contributed by atoms with E-state index in [0.29, 0.717) is 44.5 Å². The zero-order valence-corrected chi connectivity index (χ0v) is 31.6. The van der Waals surface area contributed by atoms with Crippen LogP contribution in [0.1, 0.15) is 54.9 Å². The van der Waals surface area contributed by atoms with Crippen molar-refractivity contribution in [3.8, 4) is 11.5 Å². The van der Waals surface area contributed by atoms with Crippen molar-refractivity contribution in [1.29, 1.82) is 0 Å². The minimum atomic E-state index is -0.821. The lowest BCUT2D eigenvalue weighted by atomic mass is 9.99. The van der Waals surface area contributed by atoms with Gasteiger partial charge in [-0.2, -0.15) is 11.8 Å². The van der Waals surface area contributed by atoms with Gasteiger partial charge in [-0.15, -0.1) is 0 Å². The van der Waals surface area contributed by atoms with Gasteiger partial charge in [-0.3, -0.25) is 9.59 Å². The number of allylic oxidation sites excluding steroid dienone is 3. The van der Waals surface area contributed by atoms with E-state index in [4.69, 9.17) is 35.4 Å². The van der Waals surface area contributed by atoms with Crippen molar-refractivity contribution < 1.29 is 53.2 Å². The highest BCUT2D eigenvalue weighted by Crippen LogP contribution is 2.38. The number of phenols is 2. The predicted molar refractivity (Wildman–Crippen MR) is 200 cm³/mol. The second-order valence-corrected chi connectivity index (χ2v) is 14.9. The van der Waals surface area contributed by atoms with Crippen molar-refractivity contribution >= 4 is 52.9 Å². The summed E-state index contributed by atoms with van der Waals surface area (Å²) in [5, 5.41) is 36.6. The van der Waals surface area contributed by atoms with Crippen LogP contribution in [0.25, 0.3) is 0 Å². The topological polar surface area (TPSA) is 219 Å². The number of carbonyl (C=O) groups excluding carboxylic acids is 4. The number of aromatic hydroxyl groups is 2. The molecule has 5 rings (SSSR count). The van der Waals surface area contributed by atoms with E-state index in [1.807, 2.05) is 17.8 Å². The highest BCUT2D eigenvalue weighted by molar-refractivity contribution is 8.00. The standard InChI is InChI=1S/C36H48ClN5O11S/c1-21-16-28-27(53-28)7-3-2-6-22(17-23-32(35(47)52-21)25(43)18-26(44)33(23)37)42-51-19-31(46)39-11-13-50-15-14-49-12-10-38-30(45)9-5-4-8-29-34-24(20-54-29)40-36(48)41-34/h2-3,6-7,18,21,24,27-29,34,43-44H,4-5,8-17,19-20H2,1H3,(H,38,45)(H,39,46)(H2,40,41,48)/b6-2+,7-3-,42-22+/t21-,24+,27-,28-,29+,34+/m1/s1. The van der Waals surface area contributed by atoms with Crippen LogP contribution in [-0.2, 0) is 39.8 Å². The van der Waals surface area contributed by atoms with Crippen LogP contribution in [0.3, 0.4) is 0 Å². The molecule has 4 aliphatic heterocycles. The fraction of sp³-hybridized carbons (Fsp3) is 0.583. The molecule has 296 valence electrons. The van der Waals surface area contributed by atoms with Gasteiger partial charge in [0.25, 0.3) is 5.91 Å². The molecular weight excluding hydrogens is 746 g/mol. The van der Waals surface area contributed by atoms with Gasteiger partial charge in [0.2, 0.25) is 5.91 Å². The third-order valence-corrected chi connectivity index (χ3v) is 11.0. The van der Waals surface area contributed by atoms with Gasteiger partial charge in [0.15, 0.2) is 6.61 Å². The van der Waals surface area contributed by atoms with Gasteiger partial charge in [-0.25, -0.2) is 9.59 Å². The van der Waals surface area contributed by atoms with Crippen LogP contribution in [-0.4, -0.2) is 127 Å². The van der Waals surface area contributed by atoms with Gasteiger partial charge in [-0.1, -0.05) is 41.4 Å². The molecule has 0 bridgehead atoms. The summed E-state index contributed by atoms with van der Waals surface area (Å²) in [6.45, 7) is 3.15. The molecule has 0 aromatic heterocycles. The zero-order chi connectivity index (χ0) is 38.5. The average Bonchev–Trinajstić information content (AvgIpc) is 3.58. The number of epoxide rings is 1. The SMILES string of the molecule is C[C@@H]1C[C@H]2O[C@@H]2\C=C/C=C/C(=N\OCC(=O)NCCOCCOCCNC(=O)CCCC[C@@H]2SC[C@@H]3NC(=O)N[C@@H]32)Cc2c(Cl)c(O)cc(O)c2C(=O)O1. The molecule has 6 atom stereocenters. The normalized spacial score (nSPS) is 26.6. The largest absolute Gasteiger partial charge is 0.507 e. The summed E-state index contributed by atoms with van der Waals surface area (Å²) in [6, 6.07) is 1.28. The minimum absolute atomic E-state index is 0.0160. The fourth-order valence-corrected chi connectivity index (χ4v) is 8.05. The first kappa shape index (κ1) is 41.1. The van der Waals surface area contributed by atoms with Crippen molar-refractivity contribution in [2.24, 2.45) is 5.16 Å². The highest BCUT2D eigenvalue weighted by Gasteiger charge is 2.42. The third kappa shape index (κ3) is 12.5. The summed E-state index contributed by atoms with van der Waals surface area (Å²) < 4.78 is 22.1. The molecule has 3 fully saturated rings. The monoisotopic (exact) mass is 793 g/mol. The van der Waals surface area contributed by atoms with Gasteiger partial charge in [-0.05, 0) is 31.4 Å². The maximum absolute atomic E-state index is 13.1. The summed E-state index contributed by atoms with van der Waals surface area (Å²) in [4.78, 5) is 54.3. The Hall–Kier alpha value is -4.03. The number of phenolic OH excluding ortho intramolecular Hbond substituents is 2. The molecule has 54 heavy (non-hydrogen) atoms. The first-order valence-electron chi connectivity index (χ1n) is 18.1. The van der Waals surface area contributed by atoms with Crippen molar-refractivity contribution in [3.63, 3.8) is 0 Å².